The average molecular weight is 884 g/mol. The van der Waals surface area contributed by atoms with Gasteiger partial charge in [0.25, 0.3) is 5.56 Å². The van der Waals surface area contributed by atoms with Crippen molar-refractivity contribution >= 4 is 74.0 Å². The van der Waals surface area contributed by atoms with E-state index in [9.17, 15) is 14.4 Å². The largest absolute Gasteiger partial charge is 0.480 e. The van der Waals surface area contributed by atoms with Gasteiger partial charge in [-0.25, -0.2) is 13.8 Å². The van der Waals surface area contributed by atoms with Gasteiger partial charge in [0.2, 0.25) is 23.5 Å². The third-order valence-corrected chi connectivity index (χ3v) is 14.1. The Labute approximate surface area is 368 Å². The number of fused-ring (bicyclic) bond motifs is 4. The number of alkyl halides is 2. The van der Waals surface area contributed by atoms with Crippen molar-refractivity contribution in [2.45, 2.75) is 82.3 Å². The van der Waals surface area contributed by atoms with Crippen LogP contribution in [-0.2, 0) is 23.7 Å². The molecule has 5 aliphatic rings. The summed E-state index contributed by atoms with van der Waals surface area (Å²) in [7, 11) is 3.54. The van der Waals surface area contributed by atoms with Crippen molar-refractivity contribution in [3.05, 3.63) is 63.7 Å². The van der Waals surface area contributed by atoms with Crippen LogP contribution in [0, 0.1) is 11.8 Å². The third-order valence-electron chi connectivity index (χ3n) is 13.9. The number of nitrogens with zero attached hydrogens (tertiary/aromatic N) is 8. The molecule has 2 unspecified atom stereocenters. The molecule has 15 nitrogen and oxygen atoms in total. The molecule has 18 heteroatoms. The molecule has 0 radical (unpaired) electrons. The van der Waals surface area contributed by atoms with E-state index in [1.54, 1.807) is 19.3 Å². The number of hydrogen-bond acceptors (Lipinski definition) is 12. The van der Waals surface area contributed by atoms with Crippen molar-refractivity contribution < 1.29 is 23.1 Å². The van der Waals surface area contributed by atoms with E-state index in [-0.39, 0.29) is 41.3 Å². The molecule has 0 bridgehead atoms. The zero-order chi connectivity index (χ0) is 43.9. The molecule has 63 heavy (non-hydrogen) atoms. The quantitative estimate of drug-likeness (QED) is 0.153. The summed E-state index contributed by atoms with van der Waals surface area (Å²) in [5, 5.41) is 15.5. The van der Waals surface area contributed by atoms with Gasteiger partial charge in [0.1, 0.15) is 5.02 Å². The van der Waals surface area contributed by atoms with E-state index < -0.39 is 30.0 Å². The first kappa shape index (κ1) is 41.5. The van der Waals surface area contributed by atoms with Gasteiger partial charge < -0.3 is 29.7 Å². The van der Waals surface area contributed by atoms with E-state index in [4.69, 9.17) is 26.4 Å². The molecule has 2 aromatic carbocycles. The molecule has 1 aliphatic carbocycles. The summed E-state index contributed by atoms with van der Waals surface area (Å²) in [6, 6.07) is 10.8. The molecule has 5 aromatic rings. The van der Waals surface area contributed by atoms with Gasteiger partial charge in [-0.2, -0.15) is 10.1 Å². The standard InChI is InChI=1S/C45H52ClF2N11O4/c1-24-21-59(25(2)20-58(24)22-26-14-16-57(17-15-26)34-7-5-6-29-36(54-56(4)38(29)34)30-11-13-35(60)51-42(30)61)44-49-19-32(46)41(53-44)50-28-10-12-33-31(18-28)37-39(43(62)55(33)3)63-23-45(47,48)40(52-37)27-8-9-27/h5-7,10,12,18-19,24-27,30,40,52H,8-9,11,13-17,20-23H2,1-4H3,(H,49,50,53)(H,51,60,61)/t24-,25+,30?,40?/m1/s1. The van der Waals surface area contributed by atoms with Crippen LogP contribution in [0.25, 0.3) is 21.8 Å². The highest BCUT2D eigenvalue weighted by Crippen LogP contribution is 2.46. The highest BCUT2D eigenvalue weighted by atomic mass is 35.5. The van der Waals surface area contributed by atoms with Crippen LogP contribution in [0.3, 0.4) is 0 Å². The van der Waals surface area contributed by atoms with Gasteiger partial charge in [0.05, 0.1) is 46.3 Å². The number of rotatable bonds is 8. The van der Waals surface area contributed by atoms with E-state index in [0.717, 1.165) is 67.8 Å². The number of nitrogens with one attached hydrogen (secondary N) is 3. The van der Waals surface area contributed by atoms with Crippen LogP contribution in [-0.4, -0.2) is 104 Å². The van der Waals surface area contributed by atoms with Gasteiger partial charge >= 0.3 is 5.92 Å². The Balaban J connectivity index is 0.805. The number of amides is 2. The third kappa shape index (κ3) is 7.59. The topological polar surface area (TPSA) is 155 Å². The first-order valence-corrected chi connectivity index (χ1v) is 22.4. The number of imide groups is 1. The second kappa shape index (κ2) is 15.9. The molecule has 7 heterocycles. The van der Waals surface area contributed by atoms with Crippen molar-refractivity contribution in [1.29, 1.82) is 0 Å². The van der Waals surface area contributed by atoms with Gasteiger partial charge in [0, 0.05) is 81.8 Å². The number of piperidine rings is 2. The number of benzene rings is 2. The average Bonchev–Trinajstić information content (AvgIpc) is 4.06. The maximum atomic E-state index is 15.2. The van der Waals surface area contributed by atoms with Crippen molar-refractivity contribution in [3.63, 3.8) is 0 Å². The Kier molecular flexibility index (Phi) is 10.5. The Bertz CT molecular complexity index is 2700. The fraction of sp³-hybridized carbons (Fsp3) is 0.511. The number of ether oxygens (including phenoxy) is 1. The van der Waals surface area contributed by atoms with Gasteiger partial charge in [-0.3, -0.25) is 29.3 Å². The van der Waals surface area contributed by atoms with Crippen LogP contribution in [0.4, 0.5) is 37.6 Å². The number of halogens is 3. The molecular weight excluding hydrogens is 832 g/mol. The Morgan fingerprint density at radius 3 is 2.54 bits per heavy atom. The minimum absolute atomic E-state index is 0.109. The minimum atomic E-state index is -3.14. The lowest BCUT2D eigenvalue weighted by molar-refractivity contribution is -0.134. The molecule has 1 saturated carbocycles. The number of piperazine rings is 1. The van der Waals surface area contributed by atoms with Gasteiger partial charge in [-0.1, -0.05) is 23.7 Å². The van der Waals surface area contributed by atoms with E-state index in [1.165, 1.54) is 4.57 Å². The van der Waals surface area contributed by atoms with Crippen molar-refractivity contribution in [2.24, 2.45) is 25.9 Å². The smallest absolute Gasteiger partial charge is 0.301 e. The highest BCUT2D eigenvalue weighted by molar-refractivity contribution is 6.33. The second-order valence-electron chi connectivity index (χ2n) is 18.2. The molecule has 332 valence electrons. The van der Waals surface area contributed by atoms with E-state index >= 15 is 8.78 Å². The predicted octanol–water partition coefficient (Wildman–Crippen LogP) is 6.17. The highest BCUT2D eigenvalue weighted by Gasteiger charge is 2.51. The summed E-state index contributed by atoms with van der Waals surface area (Å²) in [5.74, 6) is -2.88. The maximum absolute atomic E-state index is 15.2. The molecule has 4 aliphatic heterocycles. The van der Waals surface area contributed by atoms with Crippen LogP contribution < -0.4 is 36.0 Å². The van der Waals surface area contributed by atoms with Crippen molar-refractivity contribution in [2.75, 3.05) is 59.8 Å². The lowest BCUT2D eigenvalue weighted by Crippen LogP contribution is -2.58. The number of pyridine rings is 1. The molecule has 4 fully saturated rings. The number of aryl methyl sites for hydroxylation is 2. The molecule has 10 rings (SSSR count). The van der Waals surface area contributed by atoms with Crippen LogP contribution in [0.5, 0.6) is 5.75 Å². The Morgan fingerprint density at radius 2 is 1.78 bits per heavy atom. The first-order chi connectivity index (χ1) is 30.2. The van der Waals surface area contributed by atoms with Crippen molar-refractivity contribution in [1.82, 2.24) is 34.5 Å². The molecule has 2 amide bonds. The number of carbonyl (C=O) groups excluding carboxylic acids is 2. The fourth-order valence-electron chi connectivity index (χ4n) is 10.2. The SMILES string of the molecule is C[C@@H]1CN(c2ncc(Cl)c(Nc3ccc4c(c3)c3c(c(=O)n4C)OCC(F)(F)C(C4CC4)N3)n2)[C@@H](C)CN1CC1CCN(c2cccc3c(C4CCC(=O)NC4=O)nn(C)c23)CC1. The number of aromatic nitrogens is 5. The normalized spacial score (nSPS) is 24.5. The van der Waals surface area contributed by atoms with E-state index in [1.807, 2.05) is 36.0 Å². The molecule has 3 aromatic heterocycles. The Morgan fingerprint density at radius 1 is 0.984 bits per heavy atom. The van der Waals surface area contributed by atoms with E-state index in [2.05, 4.69) is 55.5 Å². The van der Waals surface area contributed by atoms with Crippen molar-refractivity contribution in [3.8, 4) is 5.75 Å². The fourth-order valence-corrected chi connectivity index (χ4v) is 10.4. The zero-order valence-electron chi connectivity index (χ0n) is 35.8. The van der Waals surface area contributed by atoms with Gasteiger partial charge in [0.15, 0.2) is 12.4 Å². The number of hydrogen-bond donors (Lipinski definition) is 3. The maximum Gasteiger partial charge on any atom is 0.301 e. The summed E-state index contributed by atoms with van der Waals surface area (Å²) in [6.45, 7) is 7.98. The lowest BCUT2D eigenvalue weighted by Gasteiger charge is -2.46. The summed E-state index contributed by atoms with van der Waals surface area (Å²) < 4.78 is 39.3. The van der Waals surface area contributed by atoms with Gasteiger partial charge in [-0.15, -0.1) is 0 Å². The molecule has 0 spiro atoms. The van der Waals surface area contributed by atoms with Crippen LogP contribution in [0.1, 0.15) is 64.0 Å². The monoisotopic (exact) mass is 883 g/mol. The number of para-hydroxylation sites is 1. The predicted molar refractivity (Wildman–Crippen MR) is 239 cm³/mol. The molecular formula is C45H52ClF2N11O4. The van der Waals surface area contributed by atoms with Crippen LogP contribution in [0.2, 0.25) is 5.02 Å². The molecule has 3 N–H and O–H groups in total. The molecule has 4 atom stereocenters. The first-order valence-electron chi connectivity index (χ1n) is 22.0. The lowest BCUT2D eigenvalue weighted by atomic mass is 9.92. The minimum Gasteiger partial charge on any atom is -0.480 e. The zero-order valence-corrected chi connectivity index (χ0v) is 36.6. The summed E-state index contributed by atoms with van der Waals surface area (Å²) >= 11 is 6.70. The molecule has 3 saturated heterocycles. The summed E-state index contributed by atoms with van der Waals surface area (Å²) in [5.41, 5.74) is 3.85. The van der Waals surface area contributed by atoms with Crippen LogP contribution >= 0.6 is 11.6 Å². The summed E-state index contributed by atoms with van der Waals surface area (Å²) in [6.07, 6.45) is 5.88. The van der Waals surface area contributed by atoms with Gasteiger partial charge in [-0.05, 0) is 82.1 Å². The Hall–Kier alpha value is -5.55. The number of carbonyl (C=O) groups is 2. The second-order valence-corrected chi connectivity index (χ2v) is 18.6. The number of anilines is 5. The van der Waals surface area contributed by atoms with Crippen LogP contribution in [0.15, 0.2) is 47.4 Å². The summed E-state index contributed by atoms with van der Waals surface area (Å²) in [4.78, 5) is 54.7. The van der Waals surface area contributed by atoms with E-state index in [0.29, 0.717) is 65.0 Å².